The third-order valence-corrected chi connectivity index (χ3v) is 6.49. The molecule has 2 heterocycles. The highest BCUT2D eigenvalue weighted by atomic mass is 32.1. The zero-order chi connectivity index (χ0) is 23.6. The van der Waals surface area contributed by atoms with Crippen LogP contribution in [0.1, 0.15) is 48.3 Å². The molecule has 8 nitrogen and oxygen atoms in total. The van der Waals surface area contributed by atoms with Gasteiger partial charge in [0, 0.05) is 36.7 Å². The van der Waals surface area contributed by atoms with E-state index in [0.29, 0.717) is 18.8 Å². The molecule has 0 aliphatic carbocycles. The van der Waals surface area contributed by atoms with Gasteiger partial charge in [0.1, 0.15) is 10.7 Å². The number of amides is 3. The first-order valence-electron chi connectivity index (χ1n) is 11.7. The summed E-state index contributed by atoms with van der Waals surface area (Å²) in [5.74, 6) is -0.170. The molecule has 2 N–H and O–H groups in total. The molecule has 0 atom stereocenters. The Bertz CT molecular complexity index is 911. The molecule has 0 bridgehead atoms. The van der Waals surface area contributed by atoms with Gasteiger partial charge in [-0.05, 0) is 44.9 Å². The Balaban J connectivity index is 1.51. The molecule has 1 aromatic carbocycles. The van der Waals surface area contributed by atoms with Crippen LogP contribution < -0.4 is 10.6 Å². The van der Waals surface area contributed by atoms with Gasteiger partial charge in [-0.15, -0.1) is 11.3 Å². The molecule has 33 heavy (non-hydrogen) atoms. The van der Waals surface area contributed by atoms with Gasteiger partial charge in [-0.3, -0.25) is 9.69 Å². The minimum absolute atomic E-state index is 0.0137. The SMILES string of the molecule is CCc1ccccc1NC(=O)N(Cc1nc(C(=O)NCCCN2CCOCC2)cs1)C(C)C. The second-order valence-corrected chi connectivity index (χ2v) is 9.30. The maximum absolute atomic E-state index is 13.0. The molecule has 1 fully saturated rings. The fourth-order valence-electron chi connectivity index (χ4n) is 3.68. The first kappa shape index (κ1) is 25.1. The monoisotopic (exact) mass is 473 g/mol. The van der Waals surface area contributed by atoms with Crippen LogP contribution >= 0.6 is 11.3 Å². The van der Waals surface area contributed by atoms with Gasteiger partial charge in [0.15, 0.2) is 0 Å². The highest BCUT2D eigenvalue weighted by Gasteiger charge is 2.21. The zero-order valence-corrected chi connectivity index (χ0v) is 20.6. The summed E-state index contributed by atoms with van der Waals surface area (Å²) in [7, 11) is 0. The number of carbonyl (C=O) groups excluding carboxylic acids is 2. The molecule has 1 saturated heterocycles. The number of aromatic nitrogens is 1. The number of hydrogen-bond acceptors (Lipinski definition) is 6. The molecule has 1 aliphatic heterocycles. The minimum atomic E-state index is -0.171. The number of rotatable bonds is 10. The Hall–Kier alpha value is -2.49. The maximum Gasteiger partial charge on any atom is 0.322 e. The maximum atomic E-state index is 13.0. The molecule has 0 spiro atoms. The van der Waals surface area contributed by atoms with Gasteiger partial charge in [0.2, 0.25) is 0 Å². The second kappa shape index (κ2) is 12.7. The lowest BCUT2D eigenvalue weighted by molar-refractivity contribution is 0.0374. The number of aryl methyl sites for hydroxylation is 1. The quantitative estimate of drug-likeness (QED) is 0.515. The Labute approximate surface area is 200 Å². The van der Waals surface area contributed by atoms with Crippen molar-refractivity contribution in [1.29, 1.82) is 0 Å². The number of nitrogens with one attached hydrogen (secondary N) is 2. The number of ether oxygens (including phenoxy) is 1. The van der Waals surface area contributed by atoms with Crippen LogP contribution in [0.3, 0.4) is 0 Å². The molecule has 0 unspecified atom stereocenters. The Morgan fingerprint density at radius 2 is 2.00 bits per heavy atom. The van der Waals surface area contributed by atoms with E-state index in [9.17, 15) is 9.59 Å². The molecule has 0 saturated carbocycles. The van der Waals surface area contributed by atoms with Crippen LogP contribution in [0.15, 0.2) is 29.6 Å². The molecule has 2 aromatic rings. The number of nitrogens with zero attached hydrogens (tertiary/aromatic N) is 3. The predicted octanol–water partition coefficient (Wildman–Crippen LogP) is 3.60. The highest BCUT2D eigenvalue weighted by Crippen LogP contribution is 2.19. The van der Waals surface area contributed by atoms with Gasteiger partial charge in [0.25, 0.3) is 5.91 Å². The van der Waals surface area contributed by atoms with Crippen molar-refractivity contribution in [2.24, 2.45) is 0 Å². The van der Waals surface area contributed by atoms with Crippen LogP contribution in [0.25, 0.3) is 0 Å². The van der Waals surface area contributed by atoms with Crippen molar-refractivity contribution in [3.05, 3.63) is 45.9 Å². The van der Waals surface area contributed by atoms with Gasteiger partial charge < -0.3 is 20.3 Å². The minimum Gasteiger partial charge on any atom is -0.379 e. The summed E-state index contributed by atoms with van der Waals surface area (Å²) in [5.41, 5.74) is 2.32. The van der Waals surface area contributed by atoms with E-state index >= 15 is 0 Å². The fraction of sp³-hybridized carbons (Fsp3) is 0.542. The third kappa shape index (κ3) is 7.52. The normalized spacial score (nSPS) is 14.3. The summed E-state index contributed by atoms with van der Waals surface area (Å²) in [5, 5.41) is 8.47. The number of hydrogen-bond donors (Lipinski definition) is 2. The van der Waals surface area contributed by atoms with E-state index in [1.54, 1.807) is 10.3 Å². The number of benzene rings is 1. The van der Waals surface area contributed by atoms with Crippen molar-refractivity contribution in [1.82, 2.24) is 20.1 Å². The smallest absolute Gasteiger partial charge is 0.322 e. The summed E-state index contributed by atoms with van der Waals surface area (Å²) < 4.78 is 5.35. The Morgan fingerprint density at radius 3 is 2.73 bits per heavy atom. The zero-order valence-electron chi connectivity index (χ0n) is 19.8. The van der Waals surface area contributed by atoms with Crippen LogP contribution in [0.5, 0.6) is 0 Å². The first-order chi connectivity index (χ1) is 16.0. The molecule has 9 heteroatoms. The molecular weight excluding hydrogens is 438 g/mol. The van der Waals surface area contributed by atoms with Crippen molar-refractivity contribution in [3.8, 4) is 0 Å². The van der Waals surface area contributed by atoms with Crippen molar-refractivity contribution in [2.45, 2.75) is 46.2 Å². The molecule has 3 amide bonds. The van der Waals surface area contributed by atoms with Crippen LogP contribution in [-0.4, -0.2) is 72.2 Å². The standard InChI is InChI=1S/C24H35N5O3S/c1-4-19-8-5-6-9-20(19)27-24(31)29(18(2)3)16-22-26-21(17-33-22)23(30)25-10-7-11-28-12-14-32-15-13-28/h5-6,8-9,17-18H,4,7,10-16H2,1-3H3,(H,25,30)(H,27,31). The van der Waals surface area contributed by atoms with Gasteiger partial charge in [0.05, 0.1) is 19.8 Å². The Kier molecular flexibility index (Phi) is 9.65. The summed E-state index contributed by atoms with van der Waals surface area (Å²) >= 11 is 1.40. The van der Waals surface area contributed by atoms with Crippen molar-refractivity contribution in [3.63, 3.8) is 0 Å². The molecular formula is C24H35N5O3S. The van der Waals surface area contributed by atoms with E-state index in [-0.39, 0.29) is 18.0 Å². The number of para-hydroxylation sites is 1. The third-order valence-electron chi connectivity index (χ3n) is 5.65. The van der Waals surface area contributed by atoms with Crippen molar-refractivity contribution in [2.75, 3.05) is 44.7 Å². The number of urea groups is 1. The van der Waals surface area contributed by atoms with Gasteiger partial charge >= 0.3 is 6.03 Å². The number of anilines is 1. The predicted molar refractivity (Wildman–Crippen MR) is 132 cm³/mol. The Morgan fingerprint density at radius 1 is 1.24 bits per heavy atom. The fourth-order valence-corrected chi connectivity index (χ4v) is 4.45. The molecule has 1 aromatic heterocycles. The second-order valence-electron chi connectivity index (χ2n) is 8.35. The van der Waals surface area contributed by atoms with Crippen molar-refractivity contribution < 1.29 is 14.3 Å². The summed E-state index contributed by atoms with van der Waals surface area (Å²) in [6.07, 6.45) is 1.73. The van der Waals surface area contributed by atoms with Crippen LogP contribution in [-0.2, 0) is 17.7 Å². The lowest BCUT2D eigenvalue weighted by Gasteiger charge is -2.26. The van der Waals surface area contributed by atoms with Crippen LogP contribution in [0, 0.1) is 0 Å². The number of carbonyl (C=O) groups is 2. The molecule has 3 rings (SSSR count). The van der Waals surface area contributed by atoms with E-state index in [1.807, 2.05) is 38.1 Å². The molecule has 180 valence electrons. The van der Waals surface area contributed by atoms with Gasteiger partial charge in [-0.25, -0.2) is 9.78 Å². The first-order valence-corrected chi connectivity index (χ1v) is 12.5. The topological polar surface area (TPSA) is 86.8 Å². The highest BCUT2D eigenvalue weighted by molar-refractivity contribution is 7.09. The van der Waals surface area contributed by atoms with Crippen molar-refractivity contribution >= 4 is 29.0 Å². The average molecular weight is 474 g/mol. The summed E-state index contributed by atoms with van der Waals surface area (Å²) in [6.45, 7) is 11.4. The van der Waals surface area contributed by atoms with E-state index in [1.165, 1.54) is 11.3 Å². The average Bonchev–Trinajstić information content (AvgIpc) is 3.30. The molecule has 0 radical (unpaired) electrons. The summed E-state index contributed by atoms with van der Waals surface area (Å²) in [6, 6.07) is 7.64. The van der Waals surface area contributed by atoms with E-state index < -0.39 is 0 Å². The lowest BCUT2D eigenvalue weighted by atomic mass is 10.1. The van der Waals surface area contributed by atoms with E-state index in [0.717, 1.165) is 61.9 Å². The van der Waals surface area contributed by atoms with Crippen LogP contribution in [0.2, 0.25) is 0 Å². The largest absolute Gasteiger partial charge is 0.379 e. The van der Waals surface area contributed by atoms with E-state index in [2.05, 4.69) is 27.4 Å². The molecule has 1 aliphatic rings. The summed E-state index contributed by atoms with van der Waals surface area (Å²) in [4.78, 5) is 34.0. The number of thiazole rings is 1. The van der Waals surface area contributed by atoms with Gasteiger partial charge in [-0.1, -0.05) is 25.1 Å². The number of morpholine rings is 1. The lowest BCUT2D eigenvalue weighted by Crippen LogP contribution is -2.39. The van der Waals surface area contributed by atoms with E-state index in [4.69, 9.17) is 4.74 Å². The van der Waals surface area contributed by atoms with Gasteiger partial charge in [-0.2, -0.15) is 0 Å². The van der Waals surface area contributed by atoms with Crippen LogP contribution in [0.4, 0.5) is 10.5 Å².